The third-order valence-corrected chi connectivity index (χ3v) is 4.69. The summed E-state index contributed by atoms with van der Waals surface area (Å²) in [4.78, 5) is 32.1. The van der Waals surface area contributed by atoms with Crippen LogP contribution in [0.2, 0.25) is 0 Å². The number of hydrogen-bond acceptors (Lipinski definition) is 5. The summed E-state index contributed by atoms with van der Waals surface area (Å²) >= 11 is 0. The largest absolute Gasteiger partial charge is 0.496 e. The second-order valence-corrected chi connectivity index (χ2v) is 6.47. The average molecular weight is 347 g/mol. The molecule has 0 aromatic heterocycles. The number of benzene rings is 1. The SMILES string of the molecule is COc1ccc(CN2CCNC(=O)C2CC(=O)N2CCCO2)cc1C. The highest BCUT2D eigenvalue weighted by atomic mass is 16.7. The number of rotatable bonds is 5. The molecule has 25 heavy (non-hydrogen) atoms. The first kappa shape index (κ1) is 17.7. The predicted octanol–water partition coefficient (Wildman–Crippen LogP) is 0.858. The van der Waals surface area contributed by atoms with Crippen molar-refractivity contribution in [2.45, 2.75) is 32.4 Å². The Bertz CT molecular complexity index is 643. The van der Waals surface area contributed by atoms with Gasteiger partial charge >= 0.3 is 0 Å². The van der Waals surface area contributed by atoms with E-state index in [4.69, 9.17) is 9.57 Å². The van der Waals surface area contributed by atoms with E-state index in [0.29, 0.717) is 26.2 Å². The molecule has 3 rings (SSSR count). The molecule has 1 atom stereocenters. The van der Waals surface area contributed by atoms with E-state index in [-0.39, 0.29) is 18.2 Å². The number of nitrogens with one attached hydrogen (secondary N) is 1. The van der Waals surface area contributed by atoms with E-state index < -0.39 is 6.04 Å². The highest BCUT2D eigenvalue weighted by molar-refractivity contribution is 5.88. The maximum absolute atomic E-state index is 12.4. The van der Waals surface area contributed by atoms with Crippen molar-refractivity contribution in [1.29, 1.82) is 0 Å². The second kappa shape index (κ2) is 7.84. The smallest absolute Gasteiger partial charge is 0.248 e. The number of piperazine rings is 1. The van der Waals surface area contributed by atoms with Crippen LogP contribution in [0, 0.1) is 6.92 Å². The molecule has 2 amide bonds. The average Bonchev–Trinajstić information content (AvgIpc) is 3.13. The zero-order valence-corrected chi connectivity index (χ0v) is 14.8. The minimum absolute atomic E-state index is 0.0935. The molecule has 2 aliphatic rings. The number of hydrogen-bond donors (Lipinski definition) is 1. The van der Waals surface area contributed by atoms with Gasteiger partial charge in [0.25, 0.3) is 0 Å². The zero-order chi connectivity index (χ0) is 17.8. The van der Waals surface area contributed by atoms with Gasteiger partial charge in [-0.2, -0.15) is 0 Å². The number of carbonyl (C=O) groups is 2. The van der Waals surface area contributed by atoms with Crippen molar-refractivity contribution >= 4 is 11.8 Å². The minimum atomic E-state index is -0.465. The van der Waals surface area contributed by atoms with Gasteiger partial charge in [-0.05, 0) is 30.5 Å². The minimum Gasteiger partial charge on any atom is -0.496 e. The summed E-state index contributed by atoms with van der Waals surface area (Å²) in [6.45, 7) is 5.10. The molecule has 0 radical (unpaired) electrons. The Kier molecular flexibility index (Phi) is 5.55. The molecule has 2 fully saturated rings. The van der Waals surface area contributed by atoms with Crippen LogP contribution in [0.25, 0.3) is 0 Å². The van der Waals surface area contributed by atoms with Gasteiger partial charge < -0.3 is 10.1 Å². The highest BCUT2D eigenvalue weighted by Crippen LogP contribution is 2.21. The van der Waals surface area contributed by atoms with Gasteiger partial charge in [0.1, 0.15) is 5.75 Å². The number of methoxy groups -OCH3 is 1. The van der Waals surface area contributed by atoms with E-state index in [0.717, 1.165) is 29.8 Å². The lowest BCUT2D eigenvalue weighted by Gasteiger charge is -2.35. The summed E-state index contributed by atoms with van der Waals surface area (Å²) in [7, 11) is 1.65. The number of hydroxylamine groups is 2. The first-order valence-electron chi connectivity index (χ1n) is 8.67. The molecule has 2 aliphatic heterocycles. The van der Waals surface area contributed by atoms with Crippen LogP contribution in [0.3, 0.4) is 0 Å². The predicted molar refractivity (Wildman–Crippen MR) is 91.8 cm³/mol. The molecule has 1 aromatic rings. The fourth-order valence-corrected chi connectivity index (χ4v) is 3.36. The topological polar surface area (TPSA) is 71.1 Å². The van der Waals surface area contributed by atoms with Crippen molar-refractivity contribution in [3.63, 3.8) is 0 Å². The van der Waals surface area contributed by atoms with Crippen LogP contribution < -0.4 is 10.1 Å². The Morgan fingerprint density at radius 1 is 1.40 bits per heavy atom. The number of ether oxygens (including phenoxy) is 1. The number of amides is 2. The van der Waals surface area contributed by atoms with Gasteiger partial charge in [0.05, 0.1) is 32.7 Å². The van der Waals surface area contributed by atoms with Crippen LogP contribution in [0.5, 0.6) is 5.75 Å². The van der Waals surface area contributed by atoms with Gasteiger partial charge in [0.2, 0.25) is 11.8 Å². The van der Waals surface area contributed by atoms with E-state index in [9.17, 15) is 9.59 Å². The van der Waals surface area contributed by atoms with Crippen molar-refractivity contribution in [2.75, 3.05) is 33.4 Å². The molecule has 2 saturated heterocycles. The first-order valence-corrected chi connectivity index (χ1v) is 8.67. The maximum Gasteiger partial charge on any atom is 0.248 e. The van der Waals surface area contributed by atoms with E-state index >= 15 is 0 Å². The van der Waals surface area contributed by atoms with Gasteiger partial charge in [-0.3, -0.25) is 19.3 Å². The van der Waals surface area contributed by atoms with E-state index in [2.05, 4.69) is 16.3 Å². The first-order chi connectivity index (χ1) is 12.1. The molecule has 0 spiro atoms. The van der Waals surface area contributed by atoms with Gasteiger partial charge in [-0.1, -0.05) is 12.1 Å². The summed E-state index contributed by atoms with van der Waals surface area (Å²) in [6, 6.07) is 5.54. The Morgan fingerprint density at radius 2 is 2.24 bits per heavy atom. The lowest BCUT2D eigenvalue weighted by atomic mass is 10.1. The van der Waals surface area contributed by atoms with Gasteiger partial charge in [-0.15, -0.1) is 0 Å². The van der Waals surface area contributed by atoms with E-state index in [1.165, 1.54) is 5.06 Å². The summed E-state index contributed by atoms with van der Waals surface area (Å²) in [5.74, 6) is 0.623. The molecule has 1 aromatic carbocycles. The highest BCUT2D eigenvalue weighted by Gasteiger charge is 2.33. The van der Waals surface area contributed by atoms with Crippen LogP contribution in [0.1, 0.15) is 24.0 Å². The fraction of sp³-hybridized carbons (Fsp3) is 0.556. The molecule has 2 heterocycles. The molecule has 1 N–H and O–H groups in total. The molecule has 7 nitrogen and oxygen atoms in total. The maximum atomic E-state index is 12.4. The fourth-order valence-electron chi connectivity index (χ4n) is 3.36. The molecule has 7 heteroatoms. The summed E-state index contributed by atoms with van der Waals surface area (Å²) < 4.78 is 5.30. The monoisotopic (exact) mass is 347 g/mol. The summed E-state index contributed by atoms with van der Waals surface area (Å²) in [5, 5.41) is 4.25. The van der Waals surface area contributed by atoms with E-state index in [1.807, 2.05) is 19.1 Å². The molecule has 136 valence electrons. The zero-order valence-electron chi connectivity index (χ0n) is 14.8. The third-order valence-electron chi connectivity index (χ3n) is 4.69. The Morgan fingerprint density at radius 3 is 2.92 bits per heavy atom. The lowest BCUT2D eigenvalue weighted by molar-refractivity contribution is -0.171. The van der Waals surface area contributed by atoms with Crippen LogP contribution in [-0.2, 0) is 21.0 Å². The second-order valence-electron chi connectivity index (χ2n) is 6.47. The van der Waals surface area contributed by atoms with Crippen LogP contribution >= 0.6 is 0 Å². The molecule has 0 bridgehead atoms. The van der Waals surface area contributed by atoms with Crippen molar-refractivity contribution in [1.82, 2.24) is 15.3 Å². The summed E-state index contributed by atoms with van der Waals surface area (Å²) in [6.07, 6.45) is 0.985. The molecule has 1 unspecified atom stereocenters. The number of carbonyl (C=O) groups excluding carboxylic acids is 2. The van der Waals surface area contributed by atoms with Crippen molar-refractivity contribution < 1.29 is 19.2 Å². The Labute approximate surface area is 147 Å². The van der Waals surface area contributed by atoms with Crippen LogP contribution in [0.15, 0.2) is 18.2 Å². The molecular formula is C18H25N3O4. The van der Waals surface area contributed by atoms with Crippen LogP contribution in [0.4, 0.5) is 0 Å². The van der Waals surface area contributed by atoms with Crippen molar-refractivity contribution in [3.8, 4) is 5.75 Å². The molecule has 0 aliphatic carbocycles. The lowest BCUT2D eigenvalue weighted by Crippen LogP contribution is -2.56. The third kappa shape index (κ3) is 4.11. The number of aryl methyl sites for hydroxylation is 1. The van der Waals surface area contributed by atoms with Crippen LogP contribution in [-0.4, -0.2) is 61.2 Å². The van der Waals surface area contributed by atoms with E-state index in [1.54, 1.807) is 7.11 Å². The Balaban J connectivity index is 1.69. The van der Waals surface area contributed by atoms with Gasteiger partial charge in [0.15, 0.2) is 0 Å². The normalized spacial score (nSPS) is 21.3. The molecule has 0 saturated carbocycles. The quantitative estimate of drug-likeness (QED) is 0.855. The summed E-state index contributed by atoms with van der Waals surface area (Å²) in [5.41, 5.74) is 2.16. The van der Waals surface area contributed by atoms with Crippen molar-refractivity contribution in [3.05, 3.63) is 29.3 Å². The van der Waals surface area contributed by atoms with Gasteiger partial charge in [0, 0.05) is 19.6 Å². The standard InChI is InChI=1S/C18H25N3O4/c1-13-10-14(4-5-16(13)24-2)12-20-8-6-19-18(23)15(20)11-17(22)21-7-3-9-25-21/h4-5,10,15H,3,6-9,11-12H2,1-2H3,(H,19,23). The Hall–Kier alpha value is -2.12. The molecular weight excluding hydrogens is 322 g/mol. The van der Waals surface area contributed by atoms with Gasteiger partial charge in [-0.25, -0.2) is 5.06 Å². The van der Waals surface area contributed by atoms with Crippen molar-refractivity contribution in [2.24, 2.45) is 0 Å². The number of nitrogens with zero attached hydrogens (tertiary/aromatic N) is 2.